The van der Waals surface area contributed by atoms with E-state index in [1.165, 1.54) is 48.7 Å². The fourth-order valence-corrected chi connectivity index (χ4v) is 6.02. The van der Waals surface area contributed by atoms with E-state index in [4.69, 9.17) is 4.74 Å². The number of para-hydroxylation sites is 1. The molecule has 0 spiro atoms. The molecule has 2 aromatic rings. The van der Waals surface area contributed by atoms with Crippen molar-refractivity contribution in [1.29, 1.82) is 0 Å². The lowest BCUT2D eigenvalue weighted by molar-refractivity contribution is 0.186. The molecule has 4 heteroatoms. The lowest BCUT2D eigenvalue weighted by Crippen LogP contribution is -2.46. The largest absolute Gasteiger partial charge is 0.497 e. The molecule has 1 saturated heterocycles. The minimum Gasteiger partial charge on any atom is -0.497 e. The smallest absolute Gasteiger partial charge is 0.119 e. The molecule has 0 amide bonds. The van der Waals surface area contributed by atoms with Crippen LogP contribution >= 0.6 is 11.8 Å². The third kappa shape index (κ3) is 2.80. The second-order valence-corrected chi connectivity index (χ2v) is 8.78. The number of rotatable bonds is 3. The van der Waals surface area contributed by atoms with Crippen LogP contribution < -0.4 is 9.64 Å². The first kappa shape index (κ1) is 16.5. The van der Waals surface area contributed by atoms with Crippen LogP contribution in [-0.2, 0) is 6.54 Å². The number of nitrogens with zero attached hydrogens (tertiary/aromatic N) is 2. The molecule has 3 aliphatic heterocycles. The fraction of sp³-hybridized carbons (Fsp3) is 0.455. The monoisotopic (exact) mass is 366 g/mol. The maximum Gasteiger partial charge on any atom is 0.119 e. The first-order chi connectivity index (χ1) is 12.8. The van der Waals surface area contributed by atoms with E-state index in [0.29, 0.717) is 12.0 Å². The molecule has 0 aliphatic carbocycles. The molecule has 0 saturated carbocycles. The van der Waals surface area contributed by atoms with Gasteiger partial charge in [-0.2, -0.15) is 0 Å². The first-order valence-corrected chi connectivity index (χ1v) is 10.7. The summed E-state index contributed by atoms with van der Waals surface area (Å²) in [4.78, 5) is 6.89. The van der Waals surface area contributed by atoms with Crippen molar-refractivity contribution in [2.75, 3.05) is 37.4 Å². The molecule has 0 aromatic heterocycles. The van der Waals surface area contributed by atoms with Crippen molar-refractivity contribution in [1.82, 2.24) is 4.90 Å². The second-order valence-electron chi connectivity index (χ2n) is 7.64. The van der Waals surface area contributed by atoms with Crippen molar-refractivity contribution in [2.24, 2.45) is 0 Å². The quantitative estimate of drug-likeness (QED) is 0.801. The van der Waals surface area contributed by atoms with Crippen LogP contribution in [0.25, 0.3) is 0 Å². The normalized spacial score (nSPS) is 24.7. The van der Waals surface area contributed by atoms with E-state index < -0.39 is 0 Å². The molecule has 26 heavy (non-hydrogen) atoms. The number of hydrogen-bond acceptors (Lipinski definition) is 4. The summed E-state index contributed by atoms with van der Waals surface area (Å²) >= 11 is 2.05. The summed E-state index contributed by atoms with van der Waals surface area (Å²) in [6.45, 7) is 4.60. The maximum absolute atomic E-state index is 5.39. The van der Waals surface area contributed by atoms with Crippen molar-refractivity contribution in [2.45, 2.75) is 36.2 Å². The highest BCUT2D eigenvalue weighted by Gasteiger charge is 2.43. The lowest BCUT2D eigenvalue weighted by Gasteiger charge is -2.39. The number of likely N-dealkylation sites (tertiary alicyclic amines) is 1. The SMILES string of the molecule is COc1cccc(CN2CCC3C(C2)c2cccc4c2N3CCCS4)c1. The molecule has 0 bridgehead atoms. The molecular formula is C22H26N2OS. The summed E-state index contributed by atoms with van der Waals surface area (Å²) in [5, 5.41) is 0. The minimum absolute atomic E-state index is 0.656. The van der Waals surface area contributed by atoms with Crippen molar-refractivity contribution in [3.63, 3.8) is 0 Å². The number of thioether (sulfide) groups is 1. The predicted molar refractivity (Wildman–Crippen MR) is 109 cm³/mol. The van der Waals surface area contributed by atoms with Crippen molar-refractivity contribution >= 4 is 17.4 Å². The molecule has 1 fully saturated rings. The molecule has 2 aromatic carbocycles. The van der Waals surface area contributed by atoms with Gasteiger partial charge in [-0.15, -0.1) is 11.8 Å². The van der Waals surface area contributed by atoms with Gasteiger partial charge in [0.05, 0.1) is 12.8 Å². The Morgan fingerprint density at radius 2 is 2.08 bits per heavy atom. The summed E-state index contributed by atoms with van der Waals surface area (Å²) < 4.78 is 5.39. The lowest BCUT2D eigenvalue weighted by atomic mass is 9.89. The first-order valence-electron chi connectivity index (χ1n) is 9.71. The average Bonchev–Trinajstić information content (AvgIpc) is 2.84. The van der Waals surface area contributed by atoms with E-state index in [9.17, 15) is 0 Å². The van der Waals surface area contributed by atoms with E-state index in [2.05, 4.69) is 58.0 Å². The van der Waals surface area contributed by atoms with Gasteiger partial charge < -0.3 is 9.64 Å². The molecule has 2 unspecified atom stereocenters. The highest BCUT2D eigenvalue weighted by molar-refractivity contribution is 7.99. The molecule has 0 N–H and O–H groups in total. The van der Waals surface area contributed by atoms with E-state index in [1.807, 2.05) is 6.07 Å². The number of benzene rings is 2. The van der Waals surface area contributed by atoms with E-state index in [1.54, 1.807) is 18.4 Å². The Labute approximate surface area is 160 Å². The third-order valence-electron chi connectivity index (χ3n) is 6.12. The second kappa shape index (κ2) is 6.82. The molecule has 5 rings (SSSR count). The summed E-state index contributed by atoms with van der Waals surface area (Å²) in [6.07, 6.45) is 2.57. The highest BCUT2D eigenvalue weighted by Crippen LogP contribution is 2.50. The summed E-state index contributed by atoms with van der Waals surface area (Å²) in [7, 11) is 1.74. The van der Waals surface area contributed by atoms with Gasteiger partial charge in [0.15, 0.2) is 0 Å². The Morgan fingerprint density at radius 3 is 3.00 bits per heavy atom. The van der Waals surface area contributed by atoms with Gasteiger partial charge in [0.2, 0.25) is 0 Å². The van der Waals surface area contributed by atoms with Crippen LogP contribution in [0.5, 0.6) is 5.75 Å². The van der Waals surface area contributed by atoms with E-state index in [-0.39, 0.29) is 0 Å². The van der Waals surface area contributed by atoms with Gasteiger partial charge in [-0.1, -0.05) is 24.3 Å². The average molecular weight is 367 g/mol. The molecular weight excluding hydrogens is 340 g/mol. The van der Waals surface area contributed by atoms with Crippen molar-refractivity contribution in [3.8, 4) is 5.75 Å². The minimum atomic E-state index is 0.656. The fourth-order valence-electron chi connectivity index (χ4n) is 4.98. The standard InChI is InChI=1S/C22H26N2OS/c1-25-17-6-2-5-16(13-17)14-23-11-9-20-19(15-23)18-7-3-8-21-22(18)24(20)10-4-12-26-21/h2-3,5-8,13,19-20H,4,9-12,14-15H2,1H3. The highest BCUT2D eigenvalue weighted by atomic mass is 32.2. The summed E-state index contributed by atoms with van der Waals surface area (Å²) in [5.74, 6) is 2.87. The molecule has 136 valence electrons. The Balaban J connectivity index is 1.40. The topological polar surface area (TPSA) is 15.7 Å². The van der Waals surface area contributed by atoms with Crippen LogP contribution in [0.4, 0.5) is 5.69 Å². The van der Waals surface area contributed by atoms with Gasteiger partial charge in [-0.3, -0.25) is 4.90 Å². The zero-order valence-electron chi connectivity index (χ0n) is 15.4. The summed E-state index contributed by atoms with van der Waals surface area (Å²) in [6, 6.07) is 16.2. The Hall–Kier alpha value is -1.65. The Kier molecular flexibility index (Phi) is 4.33. The van der Waals surface area contributed by atoms with Crippen molar-refractivity contribution in [3.05, 3.63) is 53.6 Å². The van der Waals surface area contributed by atoms with Gasteiger partial charge in [0.1, 0.15) is 5.75 Å². The van der Waals surface area contributed by atoms with Crippen LogP contribution in [0.1, 0.15) is 29.9 Å². The van der Waals surface area contributed by atoms with Gasteiger partial charge in [-0.05, 0) is 47.9 Å². The summed E-state index contributed by atoms with van der Waals surface area (Å²) in [5.41, 5.74) is 4.51. The van der Waals surface area contributed by atoms with E-state index >= 15 is 0 Å². The molecule has 0 radical (unpaired) electrons. The van der Waals surface area contributed by atoms with Crippen LogP contribution in [-0.4, -0.2) is 43.4 Å². The van der Waals surface area contributed by atoms with E-state index in [0.717, 1.165) is 12.3 Å². The molecule has 3 nitrogen and oxygen atoms in total. The molecule has 3 heterocycles. The zero-order chi connectivity index (χ0) is 17.5. The number of piperidine rings is 1. The Bertz CT molecular complexity index is 808. The van der Waals surface area contributed by atoms with Gasteiger partial charge >= 0.3 is 0 Å². The van der Waals surface area contributed by atoms with Gasteiger partial charge in [0, 0.05) is 43.0 Å². The van der Waals surface area contributed by atoms with Crippen molar-refractivity contribution < 1.29 is 4.74 Å². The number of hydrogen-bond donors (Lipinski definition) is 0. The Morgan fingerprint density at radius 1 is 1.15 bits per heavy atom. The molecule has 3 aliphatic rings. The molecule has 2 atom stereocenters. The zero-order valence-corrected chi connectivity index (χ0v) is 16.2. The van der Waals surface area contributed by atoms with Gasteiger partial charge in [0.25, 0.3) is 0 Å². The predicted octanol–water partition coefficient (Wildman–Crippen LogP) is 4.37. The van der Waals surface area contributed by atoms with Crippen LogP contribution in [0.3, 0.4) is 0 Å². The van der Waals surface area contributed by atoms with Crippen LogP contribution in [0, 0.1) is 0 Å². The number of methoxy groups -OCH3 is 1. The third-order valence-corrected chi connectivity index (χ3v) is 7.25. The number of anilines is 1. The van der Waals surface area contributed by atoms with Crippen LogP contribution in [0.2, 0.25) is 0 Å². The van der Waals surface area contributed by atoms with Crippen LogP contribution in [0.15, 0.2) is 47.4 Å². The number of ether oxygens (including phenoxy) is 1. The number of fused-ring (bicyclic) bond motifs is 3. The maximum atomic E-state index is 5.39. The van der Waals surface area contributed by atoms with Gasteiger partial charge in [-0.25, -0.2) is 0 Å².